The summed E-state index contributed by atoms with van der Waals surface area (Å²) in [6, 6.07) is 2.77. The van der Waals surface area contributed by atoms with Crippen LogP contribution in [0.1, 0.15) is 24.0 Å². The summed E-state index contributed by atoms with van der Waals surface area (Å²) in [6.07, 6.45) is 0. The Bertz CT molecular complexity index is 351. The van der Waals surface area contributed by atoms with E-state index in [9.17, 15) is 0 Å². The van der Waals surface area contributed by atoms with E-state index in [-0.39, 0.29) is 0 Å². The van der Waals surface area contributed by atoms with E-state index in [2.05, 4.69) is 24.8 Å². The van der Waals surface area contributed by atoms with Crippen molar-refractivity contribution in [2.75, 3.05) is 18.1 Å². The zero-order valence-corrected chi connectivity index (χ0v) is 10.8. The molecule has 1 unspecified atom stereocenters. The fourth-order valence-electron chi connectivity index (χ4n) is 2.07. The van der Waals surface area contributed by atoms with Crippen LogP contribution >= 0.6 is 11.8 Å². The molecule has 0 saturated carbocycles. The van der Waals surface area contributed by atoms with Gasteiger partial charge in [0.1, 0.15) is 11.5 Å². The molecule has 1 aromatic heterocycles. The number of aryl methyl sites for hydroxylation is 1. The summed E-state index contributed by atoms with van der Waals surface area (Å²) in [4.78, 5) is 2.48. The van der Waals surface area contributed by atoms with Gasteiger partial charge in [0.25, 0.3) is 0 Å². The molecule has 1 aliphatic heterocycles. The lowest BCUT2D eigenvalue weighted by molar-refractivity contribution is 0.205. The van der Waals surface area contributed by atoms with Crippen molar-refractivity contribution in [3.05, 3.63) is 23.2 Å². The largest absolute Gasteiger partial charge is 0.463 e. The summed E-state index contributed by atoms with van der Waals surface area (Å²) < 4.78 is 5.74. The van der Waals surface area contributed by atoms with Crippen molar-refractivity contribution in [1.82, 2.24) is 4.90 Å². The molecule has 1 saturated heterocycles. The Morgan fingerprint density at radius 1 is 1.62 bits per heavy atom. The van der Waals surface area contributed by atoms with E-state index < -0.39 is 0 Å². The minimum atomic E-state index is 0.497. The molecule has 90 valence electrons. The topological polar surface area (TPSA) is 42.4 Å². The lowest BCUT2D eigenvalue weighted by Gasteiger charge is -2.32. The molecule has 2 N–H and O–H groups in total. The molecule has 1 atom stereocenters. The molecule has 16 heavy (non-hydrogen) atoms. The predicted molar refractivity (Wildman–Crippen MR) is 68.5 cm³/mol. The van der Waals surface area contributed by atoms with E-state index >= 15 is 0 Å². The molecular formula is C12H20N2OS. The number of hydrogen-bond acceptors (Lipinski definition) is 4. The van der Waals surface area contributed by atoms with Gasteiger partial charge >= 0.3 is 0 Å². The van der Waals surface area contributed by atoms with E-state index in [1.165, 1.54) is 17.1 Å². The SMILES string of the molecule is Cc1cc(CN2CCSCC2C)oc1CN. The van der Waals surface area contributed by atoms with Crippen molar-refractivity contribution in [3.8, 4) is 0 Å². The van der Waals surface area contributed by atoms with Crippen LogP contribution in [-0.4, -0.2) is 29.0 Å². The van der Waals surface area contributed by atoms with Crippen molar-refractivity contribution >= 4 is 11.8 Å². The zero-order chi connectivity index (χ0) is 11.5. The summed E-state index contributed by atoms with van der Waals surface area (Å²) in [7, 11) is 0. The van der Waals surface area contributed by atoms with Crippen molar-refractivity contribution < 1.29 is 4.42 Å². The van der Waals surface area contributed by atoms with Gasteiger partial charge in [-0.05, 0) is 25.5 Å². The third-order valence-corrected chi connectivity index (χ3v) is 4.31. The van der Waals surface area contributed by atoms with Crippen molar-refractivity contribution in [2.24, 2.45) is 5.73 Å². The standard InChI is InChI=1S/C12H20N2OS/c1-9-5-11(15-12(9)6-13)7-14-3-4-16-8-10(14)2/h5,10H,3-4,6-8,13H2,1-2H3. The highest BCUT2D eigenvalue weighted by Gasteiger charge is 2.20. The summed E-state index contributed by atoms with van der Waals surface area (Å²) in [5, 5.41) is 0. The fraction of sp³-hybridized carbons (Fsp3) is 0.667. The van der Waals surface area contributed by atoms with Crippen LogP contribution in [0.25, 0.3) is 0 Å². The van der Waals surface area contributed by atoms with Crippen LogP contribution in [0.2, 0.25) is 0 Å². The molecule has 4 heteroatoms. The Morgan fingerprint density at radius 3 is 3.06 bits per heavy atom. The summed E-state index contributed by atoms with van der Waals surface area (Å²) in [5.41, 5.74) is 6.79. The van der Waals surface area contributed by atoms with Crippen LogP contribution in [0.15, 0.2) is 10.5 Å². The highest BCUT2D eigenvalue weighted by molar-refractivity contribution is 7.99. The highest BCUT2D eigenvalue weighted by Crippen LogP contribution is 2.21. The normalized spacial score (nSPS) is 22.6. The fourth-order valence-corrected chi connectivity index (χ4v) is 3.15. The number of furan rings is 1. The van der Waals surface area contributed by atoms with Gasteiger partial charge in [-0.1, -0.05) is 0 Å². The maximum absolute atomic E-state index is 5.74. The number of thioether (sulfide) groups is 1. The van der Waals surface area contributed by atoms with Crippen LogP contribution in [0.4, 0.5) is 0 Å². The molecule has 0 spiro atoms. The number of hydrogen-bond donors (Lipinski definition) is 1. The Labute approximate surface area is 101 Å². The second kappa shape index (κ2) is 5.25. The zero-order valence-electron chi connectivity index (χ0n) is 10.0. The predicted octanol–water partition coefficient (Wildman–Crippen LogP) is 1.98. The molecule has 1 aromatic rings. The minimum absolute atomic E-state index is 0.497. The second-order valence-electron chi connectivity index (χ2n) is 4.42. The van der Waals surface area contributed by atoms with E-state index in [0.717, 1.165) is 24.6 Å². The lowest BCUT2D eigenvalue weighted by atomic mass is 10.2. The summed E-state index contributed by atoms with van der Waals surface area (Å²) >= 11 is 2.04. The molecule has 0 aliphatic carbocycles. The van der Waals surface area contributed by atoms with Gasteiger partial charge in [-0.25, -0.2) is 0 Å². The summed E-state index contributed by atoms with van der Waals surface area (Å²) in [5.74, 6) is 4.43. The average molecular weight is 240 g/mol. The first-order valence-corrected chi connectivity index (χ1v) is 6.96. The molecule has 3 nitrogen and oxygen atoms in total. The molecular weight excluding hydrogens is 220 g/mol. The van der Waals surface area contributed by atoms with Gasteiger partial charge < -0.3 is 10.2 Å². The quantitative estimate of drug-likeness (QED) is 0.877. The van der Waals surface area contributed by atoms with Crippen LogP contribution < -0.4 is 5.73 Å². The molecule has 0 aromatic carbocycles. The Kier molecular flexibility index (Phi) is 3.95. The van der Waals surface area contributed by atoms with Gasteiger partial charge in [0.05, 0.1) is 13.1 Å². The molecule has 0 radical (unpaired) electrons. The second-order valence-corrected chi connectivity index (χ2v) is 5.57. The molecule has 2 heterocycles. The van der Waals surface area contributed by atoms with Gasteiger partial charge in [0, 0.05) is 24.1 Å². The maximum atomic E-state index is 5.74. The average Bonchev–Trinajstić information content (AvgIpc) is 2.62. The van der Waals surface area contributed by atoms with E-state index in [4.69, 9.17) is 10.2 Å². The lowest BCUT2D eigenvalue weighted by Crippen LogP contribution is -2.39. The van der Waals surface area contributed by atoms with Crippen LogP contribution in [0.5, 0.6) is 0 Å². The van der Waals surface area contributed by atoms with Crippen molar-refractivity contribution in [1.29, 1.82) is 0 Å². The smallest absolute Gasteiger partial charge is 0.120 e. The Hall–Kier alpha value is -0.450. The monoisotopic (exact) mass is 240 g/mol. The van der Waals surface area contributed by atoms with E-state index in [0.29, 0.717) is 12.6 Å². The van der Waals surface area contributed by atoms with E-state index in [1.807, 2.05) is 11.8 Å². The van der Waals surface area contributed by atoms with Gasteiger partial charge in [-0.2, -0.15) is 11.8 Å². The minimum Gasteiger partial charge on any atom is -0.463 e. The number of nitrogens with two attached hydrogens (primary N) is 1. The van der Waals surface area contributed by atoms with Crippen molar-refractivity contribution in [3.63, 3.8) is 0 Å². The van der Waals surface area contributed by atoms with Crippen molar-refractivity contribution in [2.45, 2.75) is 33.0 Å². The van der Waals surface area contributed by atoms with Gasteiger partial charge in [0.2, 0.25) is 0 Å². The van der Waals surface area contributed by atoms with Gasteiger partial charge in [-0.15, -0.1) is 0 Å². The van der Waals surface area contributed by atoms with Gasteiger partial charge in [0.15, 0.2) is 0 Å². The molecule has 1 aliphatic rings. The molecule has 1 fully saturated rings. The molecule has 0 amide bonds. The highest BCUT2D eigenvalue weighted by atomic mass is 32.2. The maximum Gasteiger partial charge on any atom is 0.120 e. The first kappa shape index (κ1) is 12.0. The number of rotatable bonds is 3. The van der Waals surface area contributed by atoms with Crippen LogP contribution in [0.3, 0.4) is 0 Å². The molecule has 2 rings (SSSR count). The molecule has 0 bridgehead atoms. The van der Waals surface area contributed by atoms with Crippen LogP contribution in [0, 0.1) is 6.92 Å². The third kappa shape index (κ3) is 2.62. The summed E-state index contributed by atoms with van der Waals surface area (Å²) in [6.45, 7) is 6.92. The third-order valence-electron chi connectivity index (χ3n) is 3.12. The first-order chi connectivity index (χ1) is 7.70. The van der Waals surface area contributed by atoms with E-state index in [1.54, 1.807) is 0 Å². The Morgan fingerprint density at radius 2 is 2.44 bits per heavy atom. The van der Waals surface area contributed by atoms with Gasteiger partial charge in [-0.3, -0.25) is 4.90 Å². The first-order valence-electron chi connectivity index (χ1n) is 5.80. The Balaban J connectivity index is 2.02. The van der Waals surface area contributed by atoms with Crippen LogP contribution in [-0.2, 0) is 13.1 Å². The number of nitrogens with zero attached hydrogens (tertiary/aromatic N) is 1.